The molecule has 8 heteroatoms. The van der Waals surface area contributed by atoms with Crippen molar-refractivity contribution in [3.63, 3.8) is 0 Å². The Morgan fingerprint density at radius 3 is 2.75 bits per heavy atom. The van der Waals surface area contributed by atoms with Crippen molar-refractivity contribution in [2.75, 3.05) is 12.4 Å². The molecule has 0 aliphatic carbocycles. The minimum atomic E-state index is -0.369. The molecule has 8 nitrogen and oxygen atoms in total. The van der Waals surface area contributed by atoms with Crippen molar-refractivity contribution in [3.8, 4) is 17.0 Å². The maximum absolute atomic E-state index is 12.5. The van der Waals surface area contributed by atoms with E-state index in [0.29, 0.717) is 28.5 Å². The topological polar surface area (TPSA) is 101 Å². The number of aromatic amines is 1. The van der Waals surface area contributed by atoms with E-state index in [2.05, 4.69) is 20.6 Å². The Kier molecular flexibility index (Phi) is 4.59. The highest BCUT2D eigenvalue weighted by atomic mass is 16.5. The molecule has 0 saturated carbocycles. The first kappa shape index (κ1) is 17.5. The number of hydrogen-bond donors (Lipinski definition) is 2. The van der Waals surface area contributed by atoms with Crippen LogP contribution in [0.1, 0.15) is 5.82 Å². The number of methoxy groups -OCH3 is 1. The molecule has 0 unspecified atom stereocenters. The number of benzene rings is 2. The van der Waals surface area contributed by atoms with Crippen LogP contribution < -0.4 is 15.6 Å². The average molecular weight is 375 g/mol. The van der Waals surface area contributed by atoms with Gasteiger partial charge < -0.3 is 10.1 Å². The summed E-state index contributed by atoms with van der Waals surface area (Å²) in [6.45, 7) is 0. The number of fused-ring (bicyclic) bond motifs is 1. The molecule has 0 fully saturated rings. The van der Waals surface area contributed by atoms with Crippen molar-refractivity contribution in [2.24, 2.45) is 0 Å². The fraction of sp³-hybridized carbons (Fsp3) is 0.100. The third kappa shape index (κ3) is 3.48. The Labute approximate surface area is 159 Å². The minimum Gasteiger partial charge on any atom is -0.497 e. The summed E-state index contributed by atoms with van der Waals surface area (Å²) in [6.07, 6.45) is -0.0552. The van der Waals surface area contributed by atoms with Crippen LogP contribution in [0.3, 0.4) is 0 Å². The number of hydrogen-bond acceptors (Lipinski definition) is 5. The molecule has 4 rings (SSSR count). The third-order valence-corrected chi connectivity index (χ3v) is 4.21. The maximum Gasteiger partial charge on any atom is 0.290 e. The zero-order valence-electron chi connectivity index (χ0n) is 15.0. The molecular weight excluding hydrogens is 358 g/mol. The molecule has 0 spiro atoms. The van der Waals surface area contributed by atoms with E-state index >= 15 is 0 Å². The van der Waals surface area contributed by atoms with E-state index in [1.165, 1.54) is 4.52 Å². The Hall–Kier alpha value is -3.94. The number of ether oxygens (including phenoxy) is 1. The lowest BCUT2D eigenvalue weighted by Gasteiger charge is -2.07. The fourth-order valence-corrected chi connectivity index (χ4v) is 2.87. The first-order valence-electron chi connectivity index (χ1n) is 8.61. The Morgan fingerprint density at radius 2 is 1.96 bits per heavy atom. The van der Waals surface area contributed by atoms with Gasteiger partial charge in [0.05, 0.1) is 19.2 Å². The quantitative estimate of drug-likeness (QED) is 0.557. The molecule has 2 heterocycles. The number of anilines is 1. The highest BCUT2D eigenvalue weighted by molar-refractivity contribution is 5.92. The molecule has 0 aliphatic heterocycles. The Bertz CT molecular complexity index is 1200. The van der Waals surface area contributed by atoms with Gasteiger partial charge in [-0.15, -0.1) is 0 Å². The van der Waals surface area contributed by atoms with Crippen LogP contribution in [0.25, 0.3) is 16.8 Å². The van der Waals surface area contributed by atoms with Gasteiger partial charge in [0.1, 0.15) is 11.3 Å². The lowest BCUT2D eigenvalue weighted by Crippen LogP contribution is -2.22. The predicted molar refractivity (Wildman–Crippen MR) is 104 cm³/mol. The van der Waals surface area contributed by atoms with E-state index in [1.807, 2.05) is 30.3 Å². The van der Waals surface area contributed by atoms with Gasteiger partial charge in [0.15, 0.2) is 5.82 Å². The normalized spacial score (nSPS) is 10.8. The fourth-order valence-electron chi connectivity index (χ4n) is 2.87. The van der Waals surface area contributed by atoms with Gasteiger partial charge in [-0.05, 0) is 18.2 Å². The molecule has 140 valence electrons. The molecular formula is C20H17N5O3. The zero-order chi connectivity index (χ0) is 19.5. The standard InChI is InChI=1S/C20H17N5O3/c1-28-15-9-5-8-14(10-15)21-19(26)12-18-22-23-20(27)17-11-16(24-25(17)18)13-6-3-2-4-7-13/h2-11H,12H2,1H3,(H,21,26)(H,23,27). The van der Waals surface area contributed by atoms with E-state index in [0.717, 1.165) is 5.56 Å². The number of nitrogens with one attached hydrogen (secondary N) is 2. The summed E-state index contributed by atoms with van der Waals surface area (Å²) < 4.78 is 6.56. The molecule has 2 aromatic carbocycles. The van der Waals surface area contributed by atoms with Crippen molar-refractivity contribution < 1.29 is 9.53 Å². The molecule has 0 bridgehead atoms. The van der Waals surface area contributed by atoms with Crippen LogP contribution >= 0.6 is 0 Å². The SMILES string of the molecule is COc1cccc(NC(=O)Cc2n[nH]c(=O)c3cc(-c4ccccc4)nn23)c1. The number of amides is 1. The molecule has 4 aromatic rings. The molecule has 1 amide bonds. The van der Waals surface area contributed by atoms with Crippen molar-refractivity contribution in [3.05, 3.63) is 76.8 Å². The predicted octanol–water partition coefficient (Wildman–Crippen LogP) is 2.27. The van der Waals surface area contributed by atoms with E-state index < -0.39 is 0 Å². The van der Waals surface area contributed by atoms with E-state index in [4.69, 9.17) is 4.74 Å². The summed E-state index contributed by atoms with van der Waals surface area (Å²) >= 11 is 0. The second-order valence-electron chi connectivity index (χ2n) is 6.12. The molecule has 0 atom stereocenters. The minimum absolute atomic E-state index is 0.0552. The number of carbonyl (C=O) groups excluding carboxylic acids is 1. The van der Waals surface area contributed by atoms with Crippen molar-refractivity contribution in [2.45, 2.75) is 6.42 Å². The number of carbonyl (C=O) groups is 1. The first-order chi connectivity index (χ1) is 13.6. The zero-order valence-corrected chi connectivity index (χ0v) is 15.0. The van der Waals surface area contributed by atoms with Crippen LogP contribution in [0.2, 0.25) is 0 Å². The molecule has 0 aliphatic rings. The number of H-pyrrole nitrogens is 1. The van der Waals surface area contributed by atoms with Crippen LogP contribution in [0.4, 0.5) is 5.69 Å². The van der Waals surface area contributed by atoms with Crippen LogP contribution in [0, 0.1) is 0 Å². The van der Waals surface area contributed by atoms with Gasteiger partial charge in [-0.2, -0.15) is 10.2 Å². The van der Waals surface area contributed by atoms with E-state index in [1.54, 1.807) is 37.4 Å². The summed E-state index contributed by atoms with van der Waals surface area (Å²) in [7, 11) is 1.56. The van der Waals surface area contributed by atoms with Gasteiger partial charge in [0, 0.05) is 17.3 Å². The van der Waals surface area contributed by atoms with Crippen LogP contribution in [0.15, 0.2) is 65.5 Å². The Morgan fingerprint density at radius 1 is 1.14 bits per heavy atom. The summed E-state index contributed by atoms with van der Waals surface area (Å²) in [5.74, 6) is 0.685. The molecule has 0 saturated heterocycles. The summed E-state index contributed by atoms with van der Waals surface area (Å²) in [5, 5.41) is 13.7. The van der Waals surface area contributed by atoms with Gasteiger partial charge in [-0.1, -0.05) is 36.4 Å². The monoisotopic (exact) mass is 375 g/mol. The van der Waals surface area contributed by atoms with Gasteiger partial charge in [0.25, 0.3) is 5.56 Å². The highest BCUT2D eigenvalue weighted by Crippen LogP contribution is 2.19. The largest absolute Gasteiger partial charge is 0.497 e. The van der Waals surface area contributed by atoms with Crippen LogP contribution in [-0.2, 0) is 11.2 Å². The number of aromatic nitrogens is 4. The third-order valence-electron chi connectivity index (χ3n) is 4.21. The van der Waals surface area contributed by atoms with Gasteiger partial charge in [-0.3, -0.25) is 9.59 Å². The van der Waals surface area contributed by atoms with Crippen molar-refractivity contribution in [1.29, 1.82) is 0 Å². The molecule has 2 aromatic heterocycles. The Balaban J connectivity index is 1.63. The van der Waals surface area contributed by atoms with Gasteiger partial charge in [-0.25, -0.2) is 9.61 Å². The summed E-state index contributed by atoms with van der Waals surface area (Å²) in [5.41, 5.74) is 2.08. The molecule has 0 radical (unpaired) electrons. The van der Waals surface area contributed by atoms with E-state index in [-0.39, 0.29) is 17.9 Å². The van der Waals surface area contributed by atoms with Crippen molar-refractivity contribution >= 4 is 17.1 Å². The van der Waals surface area contributed by atoms with Gasteiger partial charge >= 0.3 is 0 Å². The summed E-state index contributed by atoms with van der Waals surface area (Å²) in [6, 6.07) is 18.2. The van der Waals surface area contributed by atoms with Crippen LogP contribution in [-0.4, -0.2) is 32.8 Å². The lowest BCUT2D eigenvalue weighted by molar-refractivity contribution is -0.115. The first-order valence-corrected chi connectivity index (χ1v) is 8.61. The van der Waals surface area contributed by atoms with Crippen LogP contribution in [0.5, 0.6) is 5.75 Å². The highest BCUT2D eigenvalue weighted by Gasteiger charge is 2.15. The van der Waals surface area contributed by atoms with E-state index in [9.17, 15) is 9.59 Å². The smallest absolute Gasteiger partial charge is 0.290 e. The summed E-state index contributed by atoms with van der Waals surface area (Å²) in [4.78, 5) is 24.6. The second kappa shape index (κ2) is 7.36. The average Bonchev–Trinajstić information content (AvgIpc) is 3.18. The number of rotatable bonds is 5. The van der Waals surface area contributed by atoms with Gasteiger partial charge in [0.2, 0.25) is 5.91 Å². The number of nitrogens with zero attached hydrogens (tertiary/aromatic N) is 3. The maximum atomic E-state index is 12.5. The second-order valence-corrected chi connectivity index (χ2v) is 6.12. The molecule has 2 N–H and O–H groups in total. The van der Waals surface area contributed by atoms with Crippen molar-refractivity contribution in [1.82, 2.24) is 19.8 Å². The lowest BCUT2D eigenvalue weighted by atomic mass is 10.1. The molecule has 28 heavy (non-hydrogen) atoms.